The van der Waals surface area contributed by atoms with E-state index in [-0.39, 0.29) is 11.4 Å². The predicted octanol–water partition coefficient (Wildman–Crippen LogP) is 2.88. The van der Waals surface area contributed by atoms with Crippen LogP contribution in [0.4, 0.5) is 0 Å². The molecule has 150 valence electrons. The van der Waals surface area contributed by atoms with E-state index in [0.717, 1.165) is 56.1 Å². The maximum atomic E-state index is 13.1. The number of hydrogen-bond donors (Lipinski definition) is 0. The lowest BCUT2D eigenvalue weighted by atomic mass is 9.86. The number of likely N-dealkylation sites (N-methyl/N-ethyl adjacent to an activating group) is 1. The maximum absolute atomic E-state index is 13.1. The Kier molecular flexibility index (Phi) is 5.28. The molecular formula is C23H31N3O2. The molecule has 2 aliphatic heterocycles. The minimum Gasteiger partial charge on any atom is -0.342 e. The van der Waals surface area contributed by atoms with Crippen LogP contribution >= 0.6 is 0 Å². The first kappa shape index (κ1) is 19.2. The van der Waals surface area contributed by atoms with Crippen LogP contribution in [0.1, 0.15) is 48.0 Å². The first-order valence-electron chi connectivity index (χ1n) is 10.5. The van der Waals surface area contributed by atoms with Gasteiger partial charge in [-0.15, -0.1) is 0 Å². The van der Waals surface area contributed by atoms with E-state index in [1.807, 2.05) is 29.2 Å². The summed E-state index contributed by atoms with van der Waals surface area (Å²) >= 11 is 0. The SMILES string of the molecule is C=Cc1ccc(C(=O)N2CCN(C)[C@@]3(CCC(=O)N(CC4CC4)CC3)C2)cc1. The number of likely N-dealkylation sites (tertiary alicyclic amines) is 1. The van der Waals surface area contributed by atoms with Crippen molar-refractivity contribution in [2.45, 2.75) is 37.6 Å². The van der Waals surface area contributed by atoms with E-state index in [2.05, 4.69) is 23.4 Å². The predicted molar refractivity (Wildman–Crippen MR) is 111 cm³/mol. The molecule has 1 aromatic rings. The second-order valence-corrected chi connectivity index (χ2v) is 8.73. The number of carbonyl (C=O) groups excluding carboxylic acids is 2. The second kappa shape index (κ2) is 7.70. The number of nitrogens with zero attached hydrogens (tertiary/aromatic N) is 3. The van der Waals surface area contributed by atoms with Crippen molar-refractivity contribution in [3.63, 3.8) is 0 Å². The third-order valence-corrected chi connectivity index (χ3v) is 6.86. The molecule has 2 saturated heterocycles. The lowest BCUT2D eigenvalue weighted by Gasteiger charge is -2.49. The molecule has 5 nitrogen and oxygen atoms in total. The fourth-order valence-corrected chi connectivity index (χ4v) is 4.62. The Morgan fingerprint density at radius 2 is 1.93 bits per heavy atom. The highest BCUT2D eigenvalue weighted by atomic mass is 16.2. The Labute approximate surface area is 168 Å². The van der Waals surface area contributed by atoms with Gasteiger partial charge in [0.25, 0.3) is 5.91 Å². The van der Waals surface area contributed by atoms with Gasteiger partial charge < -0.3 is 9.80 Å². The van der Waals surface area contributed by atoms with E-state index in [1.54, 1.807) is 6.08 Å². The molecule has 3 aliphatic rings. The fraction of sp³-hybridized carbons (Fsp3) is 0.565. The largest absolute Gasteiger partial charge is 0.342 e. The molecule has 2 heterocycles. The lowest BCUT2D eigenvalue weighted by Crippen LogP contribution is -2.62. The summed E-state index contributed by atoms with van der Waals surface area (Å²) in [5.41, 5.74) is 1.65. The van der Waals surface area contributed by atoms with Crippen LogP contribution in [0.2, 0.25) is 0 Å². The molecule has 1 saturated carbocycles. The van der Waals surface area contributed by atoms with E-state index in [1.165, 1.54) is 12.8 Å². The normalized spacial score (nSPS) is 26.4. The van der Waals surface area contributed by atoms with Gasteiger partial charge in [0.1, 0.15) is 0 Å². The van der Waals surface area contributed by atoms with Gasteiger partial charge >= 0.3 is 0 Å². The van der Waals surface area contributed by atoms with Gasteiger partial charge in [-0.3, -0.25) is 14.5 Å². The molecule has 3 fully saturated rings. The smallest absolute Gasteiger partial charge is 0.253 e. The van der Waals surface area contributed by atoms with E-state index in [9.17, 15) is 9.59 Å². The average Bonchev–Trinajstić information content (AvgIpc) is 3.55. The molecule has 1 spiro atoms. The zero-order valence-electron chi connectivity index (χ0n) is 16.9. The summed E-state index contributed by atoms with van der Waals surface area (Å²) in [5, 5.41) is 0. The summed E-state index contributed by atoms with van der Waals surface area (Å²) in [6, 6.07) is 7.65. The Morgan fingerprint density at radius 1 is 1.18 bits per heavy atom. The first-order valence-corrected chi connectivity index (χ1v) is 10.5. The van der Waals surface area contributed by atoms with E-state index in [0.29, 0.717) is 18.9 Å². The highest BCUT2D eigenvalue weighted by Crippen LogP contribution is 2.35. The number of carbonyl (C=O) groups is 2. The highest BCUT2D eigenvalue weighted by Gasteiger charge is 2.44. The summed E-state index contributed by atoms with van der Waals surface area (Å²) < 4.78 is 0. The van der Waals surface area contributed by atoms with Crippen LogP contribution in [0.3, 0.4) is 0 Å². The third kappa shape index (κ3) is 3.86. The Balaban J connectivity index is 1.48. The van der Waals surface area contributed by atoms with Crippen LogP contribution in [0.5, 0.6) is 0 Å². The van der Waals surface area contributed by atoms with Crippen molar-refractivity contribution in [3.8, 4) is 0 Å². The van der Waals surface area contributed by atoms with Crippen molar-refractivity contribution < 1.29 is 9.59 Å². The molecule has 0 N–H and O–H groups in total. The molecule has 0 radical (unpaired) electrons. The fourth-order valence-electron chi connectivity index (χ4n) is 4.62. The van der Waals surface area contributed by atoms with E-state index < -0.39 is 0 Å². The van der Waals surface area contributed by atoms with Gasteiger partial charge in [0.15, 0.2) is 0 Å². The van der Waals surface area contributed by atoms with Crippen LogP contribution in [0, 0.1) is 5.92 Å². The maximum Gasteiger partial charge on any atom is 0.253 e. The lowest BCUT2D eigenvalue weighted by molar-refractivity contribution is -0.130. The molecule has 2 amide bonds. The summed E-state index contributed by atoms with van der Waals surface area (Å²) in [6.45, 7) is 7.81. The van der Waals surface area contributed by atoms with Crippen molar-refractivity contribution in [3.05, 3.63) is 42.0 Å². The summed E-state index contributed by atoms with van der Waals surface area (Å²) in [5.74, 6) is 1.10. The van der Waals surface area contributed by atoms with Gasteiger partial charge in [-0.25, -0.2) is 0 Å². The quantitative estimate of drug-likeness (QED) is 0.806. The summed E-state index contributed by atoms with van der Waals surface area (Å²) in [7, 11) is 2.15. The molecule has 0 unspecified atom stereocenters. The van der Waals surface area contributed by atoms with Crippen molar-refractivity contribution in [2.75, 3.05) is 39.8 Å². The molecule has 0 bridgehead atoms. The Morgan fingerprint density at radius 3 is 2.61 bits per heavy atom. The van der Waals surface area contributed by atoms with Crippen LogP contribution < -0.4 is 0 Å². The minimum atomic E-state index is -0.0943. The zero-order valence-corrected chi connectivity index (χ0v) is 16.9. The van der Waals surface area contributed by atoms with Crippen molar-refractivity contribution >= 4 is 17.9 Å². The number of hydrogen-bond acceptors (Lipinski definition) is 3. The average molecular weight is 382 g/mol. The summed E-state index contributed by atoms with van der Waals surface area (Å²) in [6.07, 6.45) is 6.69. The molecule has 4 rings (SSSR count). The third-order valence-electron chi connectivity index (χ3n) is 6.86. The summed E-state index contributed by atoms with van der Waals surface area (Å²) in [4.78, 5) is 32.2. The number of amides is 2. The van der Waals surface area contributed by atoms with Crippen LogP contribution in [-0.2, 0) is 4.79 Å². The van der Waals surface area contributed by atoms with Gasteiger partial charge in [-0.1, -0.05) is 24.8 Å². The van der Waals surface area contributed by atoms with Crippen LogP contribution in [0.15, 0.2) is 30.8 Å². The Hall–Kier alpha value is -2.14. The van der Waals surface area contributed by atoms with E-state index in [4.69, 9.17) is 0 Å². The molecular weight excluding hydrogens is 350 g/mol. The molecule has 1 aromatic carbocycles. The van der Waals surface area contributed by atoms with Gasteiger partial charge in [0.05, 0.1) is 0 Å². The van der Waals surface area contributed by atoms with Gasteiger partial charge in [0, 0.05) is 50.2 Å². The molecule has 0 aromatic heterocycles. The van der Waals surface area contributed by atoms with Crippen LogP contribution in [-0.4, -0.2) is 71.8 Å². The molecule has 5 heteroatoms. The number of benzene rings is 1. The topological polar surface area (TPSA) is 43.9 Å². The molecule has 1 aliphatic carbocycles. The Bertz CT molecular complexity index is 756. The standard InChI is InChI=1S/C23H31N3O2/c1-3-18-6-8-20(9-7-18)22(28)26-15-14-24(2)23(17-26)11-10-21(27)25(13-12-23)16-19-4-5-19/h3,6-9,19H,1,4-5,10-17H2,2H3/t23-/m1/s1. The second-order valence-electron chi connectivity index (χ2n) is 8.73. The van der Waals surface area contributed by atoms with Gasteiger partial charge in [-0.2, -0.15) is 0 Å². The van der Waals surface area contributed by atoms with Crippen LogP contribution in [0.25, 0.3) is 6.08 Å². The molecule has 1 atom stereocenters. The van der Waals surface area contributed by atoms with Crippen molar-refractivity contribution in [1.29, 1.82) is 0 Å². The highest BCUT2D eigenvalue weighted by molar-refractivity contribution is 5.94. The number of rotatable bonds is 4. The van der Waals surface area contributed by atoms with Crippen molar-refractivity contribution in [2.24, 2.45) is 5.92 Å². The van der Waals surface area contributed by atoms with Gasteiger partial charge in [0.2, 0.25) is 5.91 Å². The van der Waals surface area contributed by atoms with Crippen molar-refractivity contribution in [1.82, 2.24) is 14.7 Å². The molecule has 28 heavy (non-hydrogen) atoms. The minimum absolute atomic E-state index is 0.0912. The first-order chi connectivity index (χ1) is 13.5. The van der Waals surface area contributed by atoms with E-state index >= 15 is 0 Å². The zero-order chi connectivity index (χ0) is 19.7. The monoisotopic (exact) mass is 381 g/mol. The van der Waals surface area contributed by atoms with Gasteiger partial charge in [-0.05, 0) is 56.3 Å². The number of piperazine rings is 1.